The molecule has 5 nitrogen and oxygen atoms in total. The van der Waals surface area contributed by atoms with E-state index in [0.29, 0.717) is 6.54 Å². The molecule has 0 bridgehead atoms. The summed E-state index contributed by atoms with van der Waals surface area (Å²) in [5.41, 5.74) is 1.89. The third-order valence-corrected chi connectivity index (χ3v) is 4.02. The highest BCUT2D eigenvalue weighted by Gasteiger charge is 2.27. The molecule has 0 fully saturated rings. The molecule has 2 rings (SSSR count). The minimum atomic E-state index is -0.519. The van der Waals surface area contributed by atoms with E-state index in [2.05, 4.69) is 9.97 Å². The molecule has 0 unspecified atom stereocenters. The van der Waals surface area contributed by atoms with E-state index in [1.165, 1.54) is 24.1 Å². The van der Waals surface area contributed by atoms with Gasteiger partial charge in [-0.1, -0.05) is 6.92 Å². The van der Waals surface area contributed by atoms with E-state index in [4.69, 9.17) is 0 Å². The van der Waals surface area contributed by atoms with Gasteiger partial charge in [0.25, 0.3) is 0 Å². The third-order valence-electron chi connectivity index (χ3n) is 4.02. The van der Waals surface area contributed by atoms with Gasteiger partial charge in [-0.2, -0.15) is 0 Å². The molecule has 20 heavy (non-hydrogen) atoms. The molecule has 0 aliphatic heterocycles. The lowest BCUT2D eigenvalue weighted by Crippen LogP contribution is -2.40. The van der Waals surface area contributed by atoms with Gasteiger partial charge in [0.2, 0.25) is 0 Å². The van der Waals surface area contributed by atoms with Crippen molar-refractivity contribution in [3.8, 4) is 0 Å². The first kappa shape index (κ1) is 15.2. The summed E-state index contributed by atoms with van der Waals surface area (Å²) < 4.78 is 0. The van der Waals surface area contributed by atoms with Gasteiger partial charge in [0.05, 0.1) is 13.2 Å². The minimum Gasteiger partial charge on any atom is -0.396 e. The predicted molar refractivity (Wildman–Crippen MR) is 79.0 cm³/mol. The van der Waals surface area contributed by atoms with E-state index in [1.54, 1.807) is 0 Å². The number of rotatable bonds is 5. The van der Waals surface area contributed by atoms with Crippen LogP contribution in [0.15, 0.2) is 0 Å². The molecule has 1 aromatic rings. The van der Waals surface area contributed by atoms with Crippen molar-refractivity contribution < 1.29 is 10.2 Å². The Kier molecular flexibility index (Phi) is 4.60. The van der Waals surface area contributed by atoms with Crippen LogP contribution in [0.3, 0.4) is 0 Å². The molecule has 112 valence electrons. The molecule has 1 heterocycles. The molecule has 5 heteroatoms. The van der Waals surface area contributed by atoms with E-state index >= 15 is 0 Å². The average Bonchev–Trinajstić information content (AvgIpc) is 2.46. The highest BCUT2D eigenvalue weighted by Crippen LogP contribution is 2.29. The number of hydrogen-bond donors (Lipinski definition) is 2. The Morgan fingerprint density at radius 2 is 1.80 bits per heavy atom. The quantitative estimate of drug-likeness (QED) is 0.844. The monoisotopic (exact) mass is 279 g/mol. The van der Waals surface area contributed by atoms with Crippen molar-refractivity contribution in [3.05, 3.63) is 17.1 Å². The van der Waals surface area contributed by atoms with Crippen LogP contribution in [0.4, 0.5) is 5.82 Å². The lowest BCUT2D eigenvalue weighted by atomic mass is 9.91. The molecule has 0 aromatic carbocycles. The van der Waals surface area contributed by atoms with E-state index in [0.717, 1.165) is 24.5 Å². The van der Waals surface area contributed by atoms with Crippen molar-refractivity contribution in [1.29, 1.82) is 0 Å². The molecule has 0 amide bonds. The second-order valence-electron chi connectivity index (χ2n) is 6.21. The zero-order chi connectivity index (χ0) is 14.8. The van der Waals surface area contributed by atoms with Crippen molar-refractivity contribution in [2.75, 3.05) is 31.7 Å². The van der Waals surface area contributed by atoms with Gasteiger partial charge in [0.1, 0.15) is 11.6 Å². The van der Waals surface area contributed by atoms with Crippen molar-refractivity contribution in [3.63, 3.8) is 0 Å². The van der Waals surface area contributed by atoms with Crippen LogP contribution in [-0.4, -0.2) is 47.0 Å². The van der Waals surface area contributed by atoms with Gasteiger partial charge < -0.3 is 15.1 Å². The van der Waals surface area contributed by atoms with Crippen molar-refractivity contribution in [1.82, 2.24) is 9.97 Å². The standard InChI is InChI=1S/C15H25N3O2/c1-11-16-13-7-5-4-6-12(13)14(17-11)18(3)8-15(2,9-19)10-20/h19-20H,4-10H2,1-3H3. The Hall–Kier alpha value is -1.20. The largest absolute Gasteiger partial charge is 0.396 e. The molecule has 0 saturated carbocycles. The Morgan fingerprint density at radius 3 is 2.45 bits per heavy atom. The summed E-state index contributed by atoms with van der Waals surface area (Å²) in [5, 5.41) is 18.9. The first-order valence-corrected chi connectivity index (χ1v) is 7.28. The molecular weight excluding hydrogens is 254 g/mol. The first-order chi connectivity index (χ1) is 9.49. The number of hydrogen-bond acceptors (Lipinski definition) is 5. The van der Waals surface area contributed by atoms with Gasteiger partial charge in [-0.3, -0.25) is 0 Å². The number of fused-ring (bicyclic) bond motifs is 1. The number of nitrogens with zero attached hydrogens (tertiary/aromatic N) is 3. The molecule has 1 aliphatic carbocycles. The first-order valence-electron chi connectivity index (χ1n) is 7.28. The summed E-state index contributed by atoms with van der Waals surface area (Å²) in [4.78, 5) is 11.2. The fourth-order valence-corrected chi connectivity index (χ4v) is 2.81. The zero-order valence-electron chi connectivity index (χ0n) is 12.7. The molecule has 0 atom stereocenters. The van der Waals surface area contributed by atoms with Crippen molar-refractivity contribution >= 4 is 5.82 Å². The number of aliphatic hydroxyl groups is 2. The molecule has 0 spiro atoms. The number of aliphatic hydroxyl groups excluding tert-OH is 2. The molecule has 0 radical (unpaired) electrons. The van der Waals surface area contributed by atoms with Crippen LogP contribution in [0.1, 0.15) is 36.8 Å². The summed E-state index contributed by atoms with van der Waals surface area (Å²) in [7, 11) is 1.97. The summed E-state index contributed by atoms with van der Waals surface area (Å²) in [6.07, 6.45) is 4.41. The lowest BCUT2D eigenvalue weighted by Gasteiger charge is -2.33. The van der Waals surface area contributed by atoms with E-state index in [-0.39, 0.29) is 13.2 Å². The van der Waals surface area contributed by atoms with Crippen molar-refractivity contribution in [2.45, 2.75) is 39.5 Å². The van der Waals surface area contributed by atoms with Crippen LogP contribution in [0.25, 0.3) is 0 Å². The van der Waals surface area contributed by atoms with Crippen LogP contribution in [0.5, 0.6) is 0 Å². The Bertz CT molecular complexity index is 472. The summed E-state index contributed by atoms with van der Waals surface area (Å²) in [6, 6.07) is 0. The second kappa shape index (κ2) is 6.06. The fourth-order valence-electron chi connectivity index (χ4n) is 2.81. The van der Waals surface area contributed by atoms with Crippen LogP contribution in [0, 0.1) is 12.3 Å². The van der Waals surface area contributed by atoms with Gasteiger partial charge in [-0.05, 0) is 32.6 Å². The SMILES string of the molecule is Cc1nc2c(c(N(C)CC(C)(CO)CO)n1)CCCC2. The molecule has 0 saturated heterocycles. The van der Waals surface area contributed by atoms with Gasteiger partial charge in [0, 0.05) is 30.3 Å². The highest BCUT2D eigenvalue weighted by molar-refractivity contribution is 5.50. The summed E-state index contributed by atoms with van der Waals surface area (Å²) >= 11 is 0. The molecule has 2 N–H and O–H groups in total. The molecule has 1 aromatic heterocycles. The average molecular weight is 279 g/mol. The number of aromatic nitrogens is 2. The lowest BCUT2D eigenvalue weighted by molar-refractivity contribution is 0.0761. The van der Waals surface area contributed by atoms with Gasteiger partial charge in [0.15, 0.2) is 0 Å². The maximum absolute atomic E-state index is 9.45. The Morgan fingerprint density at radius 1 is 1.15 bits per heavy atom. The topological polar surface area (TPSA) is 69.5 Å². The van der Waals surface area contributed by atoms with Crippen LogP contribution in [-0.2, 0) is 12.8 Å². The Labute approximate surface area is 120 Å². The van der Waals surface area contributed by atoms with Gasteiger partial charge in [-0.15, -0.1) is 0 Å². The maximum Gasteiger partial charge on any atom is 0.135 e. The van der Waals surface area contributed by atoms with E-state index < -0.39 is 5.41 Å². The Balaban J connectivity index is 2.30. The third kappa shape index (κ3) is 3.10. The van der Waals surface area contributed by atoms with E-state index in [9.17, 15) is 10.2 Å². The maximum atomic E-state index is 9.45. The van der Waals surface area contributed by atoms with Crippen LogP contribution < -0.4 is 4.90 Å². The van der Waals surface area contributed by atoms with Crippen LogP contribution in [0.2, 0.25) is 0 Å². The molecule has 1 aliphatic rings. The van der Waals surface area contributed by atoms with Gasteiger partial charge in [-0.25, -0.2) is 9.97 Å². The van der Waals surface area contributed by atoms with Crippen LogP contribution >= 0.6 is 0 Å². The number of anilines is 1. The fraction of sp³-hybridized carbons (Fsp3) is 0.733. The minimum absolute atomic E-state index is 0.0416. The highest BCUT2D eigenvalue weighted by atomic mass is 16.3. The second-order valence-corrected chi connectivity index (χ2v) is 6.21. The zero-order valence-corrected chi connectivity index (χ0v) is 12.7. The van der Waals surface area contributed by atoms with Crippen molar-refractivity contribution in [2.24, 2.45) is 5.41 Å². The predicted octanol–water partition coefficient (Wildman–Crippen LogP) is 1.09. The molecular formula is C15H25N3O2. The normalized spacial score (nSPS) is 15.1. The summed E-state index contributed by atoms with van der Waals surface area (Å²) in [5.74, 6) is 1.75. The smallest absolute Gasteiger partial charge is 0.135 e. The number of aryl methyl sites for hydroxylation is 2. The van der Waals surface area contributed by atoms with E-state index in [1.807, 2.05) is 25.8 Å². The summed E-state index contributed by atoms with van der Waals surface area (Å²) in [6.45, 7) is 4.29. The van der Waals surface area contributed by atoms with Gasteiger partial charge >= 0.3 is 0 Å².